The molecule has 0 bridgehead atoms. The van der Waals surface area contributed by atoms with E-state index < -0.39 is 0 Å². The van der Waals surface area contributed by atoms with E-state index in [0.717, 1.165) is 17.1 Å². The Morgan fingerprint density at radius 1 is 1.07 bits per heavy atom. The molecule has 0 saturated heterocycles. The van der Waals surface area contributed by atoms with Gasteiger partial charge >= 0.3 is 0 Å². The van der Waals surface area contributed by atoms with E-state index in [1.54, 1.807) is 23.0 Å². The summed E-state index contributed by atoms with van der Waals surface area (Å²) in [6.07, 6.45) is 1.73. The first-order valence-electron chi connectivity index (χ1n) is 8.60. The van der Waals surface area contributed by atoms with Crippen LogP contribution in [0.4, 0.5) is 0 Å². The van der Waals surface area contributed by atoms with Gasteiger partial charge in [-0.3, -0.25) is 14.5 Å². The third kappa shape index (κ3) is 3.90. The van der Waals surface area contributed by atoms with E-state index in [-0.39, 0.29) is 12.5 Å². The Hall–Kier alpha value is -3.55. The number of aryl methyl sites for hydroxylation is 1. The highest BCUT2D eigenvalue weighted by molar-refractivity contribution is 5.95. The molecule has 2 aromatic heterocycles. The number of hydrogen-bond acceptors (Lipinski definition) is 6. The lowest BCUT2D eigenvalue weighted by Gasteiger charge is -2.13. The second-order valence-electron chi connectivity index (χ2n) is 5.96. The highest BCUT2D eigenvalue weighted by atomic mass is 16.5. The fourth-order valence-electron chi connectivity index (χ4n) is 2.85. The van der Waals surface area contributed by atoms with Gasteiger partial charge < -0.3 is 19.5 Å². The summed E-state index contributed by atoms with van der Waals surface area (Å²) in [4.78, 5) is 16.9. The molecule has 3 rings (SSSR count). The van der Waals surface area contributed by atoms with Gasteiger partial charge in [0.1, 0.15) is 0 Å². The highest BCUT2D eigenvalue weighted by Crippen LogP contribution is 2.38. The predicted molar refractivity (Wildman–Crippen MR) is 104 cm³/mol. The Morgan fingerprint density at radius 2 is 1.79 bits per heavy atom. The lowest BCUT2D eigenvalue weighted by atomic mass is 10.1. The summed E-state index contributed by atoms with van der Waals surface area (Å²) in [5.41, 5.74) is 2.82. The Morgan fingerprint density at radius 3 is 2.36 bits per heavy atom. The zero-order valence-corrected chi connectivity index (χ0v) is 16.2. The second-order valence-corrected chi connectivity index (χ2v) is 5.96. The molecule has 8 heteroatoms. The maximum absolute atomic E-state index is 12.6. The first kappa shape index (κ1) is 19.2. The molecule has 0 saturated carbocycles. The number of hydrogen-bond donors (Lipinski definition) is 1. The summed E-state index contributed by atoms with van der Waals surface area (Å²) in [6, 6.07) is 10.8. The number of aromatic nitrogens is 3. The summed E-state index contributed by atoms with van der Waals surface area (Å²) >= 11 is 0. The minimum absolute atomic E-state index is 0.274. The molecule has 28 heavy (non-hydrogen) atoms. The van der Waals surface area contributed by atoms with E-state index in [2.05, 4.69) is 15.4 Å². The summed E-state index contributed by atoms with van der Waals surface area (Å²) in [5.74, 6) is 1.00. The molecule has 0 aliphatic carbocycles. The number of nitrogens with zero attached hydrogens (tertiary/aromatic N) is 3. The van der Waals surface area contributed by atoms with Gasteiger partial charge in [0.15, 0.2) is 11.5 Å². The van der Waals surface area contributed by atoms with Gasteiger partial charge in [-0.1, -0.05) is 6.07 Å². The molecule has 0 fully saturated rings. The quantitative estimate of drug-likeness (QED) is 0.675. The molecule has 0 aliphatic rings. The maximum atomic E-state index is 12.6. The van der Waals surface area contributed by atoms with Crippen LogP contribution in [0.15, 0.2) is 42.6 Å². The van der Waals surface area contributed by atoms with Crippen molar-refractivity contribution in [3.8, 4) is 28.6 Å². The molecule has 3 aromatic rings. The third-order valence-corrected chi connectivity index (χ3v) is 4.21. The van der Waals surface area contributed by atoms with Crippen molar-refractivity contribution in [2.75, 3.05) is 21.3 Å². The molecule has 1 amide bonds. The Labute approximate surface area is 163 Å². The Bertz CT molecular complexity index is 945. The number of carbonyl (C=O) groups is 1. The van der Waals surface area contributed by atoms with Crippen LogP contribution in [-0.2, 0) is 13.6 Å². The minimum atomic E-state index is -0.274. The number of benzene rings is 1. The second kappa shape index (κ2) is 8.43. The molecular weight excluding hydrogens is 360 g/mol. The Kier molecular flexibility index (Phi) is 5.78. The van der Waals surface area contributed by atoms with Gasteiger partial charge in [-0.25, -0.2) is 0 Å². The average Bonchev–Trinajstić information content (AvgIpc) is 3.11. The SMILES string of the molecule is COc1cc(C(=O)NCc2cc(-c3ccccn3)n(C)n2)cc(OC)c1OC. The number of ether oxygens (including phenoxy) is 3. The van der Waals surface area contributed by atoms with E-state index >= 15 is 0 Å². The lowest BCUT2D eigenvalue weighted by molar-refractivity contribution is 0.0949. The van der Waals surface area contributed by atoms with Crippen LogP contribution in [0.2, 0.25) is 0 Å². The highest BCUT2D eigenvalue weighted by Gasteiger charge is 2.17. The van der Waals surface area contributed by atoms with Crippen LogP contribution in [-0.4, -0.2) is 42.0 Å². The van der Waals surface area contributed by atoms with E-state index in [0.29, 0.717) is 22.8 Å². The first-order chi connectivity index (χ1) is 13.6. The number of rotatable bonds is 7. The van der Waals surface area contributed by atoms with Gasteiger partial charge in [0.2, 0.25) is 5.75 Å². The molecule has 0 radical (unpaired) electrons. The summed E-state index contributed by atoms with van der Waals surface area (Å²) in [7, 11) is 6.37. The van der Waals surface area contributed by atoms with Gasteiger partial charge in [-0.05, 0) is 30.3 Å². The number of methoxy groups -OCH3 is 3. The zero-order chi connectivity index (χ0) is 20.1. The molecule has 0 aliphatic heterocycles. The monoisotopic (exact) mass is 382 g/mol. The van der Waals surface area contributed by atoms with E-state index in [4.69, 9.17) is 14.2 Å². The van der Waals surface area contributed by atoms with Crippen LogP contribution in [0.5, 0.6) is 17.2 Å². The largest absolute Gasteiger partial charge is 0.493 e. The van der Waals surface area contributed by atoms with Crippen molar-refractivity contribution in [1.29, 1.82) is 0 Å². The van der Waals surface area contributed by atoms with Crippen LogP contribution < -0.4 is 19.5 Å². The topological polar surface area (TPSA) is 87.5 Å². The zero-order valence-electron chi connectivity index (χ0n) is 16.2. The van der Waals surface area contributed by atoms with Crippen molar-refractivity contribution in [2.45, 2.75) is 6.54 Å². The molecule has 0 atom stereocenters. The number of amides is 1. The van der Waals surface area contributed by atoms with Crippen molar-refractivity contribution in [1.82, 2.24) is 20.1 Å². The number of pyridine rings is 1. The molecule has 146 valence electrons. The van der Waals surface area contributed by atoms with Crippen LogP contribution in [0.1, 0.15) is 16.1 Å². The number of carbonyl (C=O) groups excluding carboxylic acids is 1. The van der Waals surface area contributed by atoms with Gasteiger partial charge in [0.25, 0.3) is 5.91 Å². The fraction of sp³-hybridized carbons (Fsp3) is 0.250. The minimum Gasteiger partial charge on any atom is -0.493 e. The molecule has 0 unspecified atom stereocenters. The smallest absolute Gasteiger partial charge is 0.251 e. The standard InChI is InChI=1S/C20H22N4O4/c1-24-16(15-7-5-6-8-21-15)11-14(23-24)12-22-20(25)13-9-17(26-2)19(28-4)18(10-13)27-3/h5-11H,12H2,1-4H3,(H,22,25). The van der Waals surface area contributed by atoms with Gasteiger partial charge in [-0.2, -0.15) is 5.10 Å². The first-order valence-corrected chi connectivity index (χ1v) is 8.60. The maximum Gasteiger partial charge on any atom is 0.251 e. The van der Waals surface area contributed by atoms with Crippen LogP contribution >= 0.6 is 0 Å². The average molecular weight is 382 g/mol. The van der Waals surface area contributed by atoms with Crippen molar-refractivity contribution in [2.24, 2.45) is 7.05 Å². The van der Waals surface area contributed by atoms with Gasteiger partial charge in [0, 0.05) is 18.8 Å². The van der Waals surface area contributed by atoms with Crippen LogP contribution in [0.3, 0.4) is 0 Å². The van der Waals surface area contributed by atoms with E-state index in [1.807, 2.05) is 31.3 Å². The summed E-state index contributed by atoms with van der Waals surface area (Å²) in [5, 5.41) is 7.30. The molecule has 8 nitrogen and oxygen atoms in total. The van der Waals surface area contributed by atoms with E-state index in [1.165, 1.54) is 21.3 Å². The van der Waals surface area contributed by atoms with Gasteiger partial charge in [-0.15, -0.1) is 0 Å². The molecule has 1 N–H and O–H groups in total. The summed E-state index contributed by atoms with van der Waals surface area (Å²) in [6.45, 7) is 0.274. The Balaban J connectivity index is 1.76. The van der Waals surface area contributed by atoms with Gasteiger partial charge in [0.05, 0.1) is 45.0 Å². The molecule has 2 heterocycles. The summed E-state index contributed by atoms with van der Waals surface area (Å²) < 4.78 is 17.6. The third-order valence-electron chi connectivity index (χ3n) is 4.21. The van der Waals surface area contributed by atoms with Crippen molar-refractivity contribution >= 4 is 5.91 Å². The predicted octanol–water partition coefficient (Wildman–Crippen LogP) is 2.44. The lowest BCUT2D eigenvalue weighted by Crippen LogP contribution is -2.23. The fourth-order valence-corrected chi connectivity index (χ4v) is 2.85. The normalized spacial score (nSPS) is 10.4. The molecule has 0 spiro atoms. The number of nitrogens with one attached hydrogen (secondary N) is 1. The van der Waals surface area contributed by atoms with Crippen LogP contribution in [0.25, 0.3) is 11.4 Å². The van der Waals surface area contributed by atoms with E-state index in [9.17, 15) is 4.79 Å². The molecule has 1 aromatic carbocycles. The van der Waals surface area contributed by atoms with Crippen molar-refractivity contribution < 1.29 is 19.0 Å². The van der Waals surface area contributed by atoms with Crippen LogP contribution in [0, 0.1) is 0 Å². The van der Waals surface area contributed by atoms with Crippen molar-refractivity contribution in [3.05, 3.63) is 53.9 Å². The molecular formula is C20H22N4O4. The van der Waals surface area contributed by atoms with Crippen molar-refractivity contribution in [3.63, 3.8) is 0 Å².